The number of hydrogen-bond acceptors (Lipinski definition) is 3. The van der Waals surface area contributed by atoms with E-state index in [1.807, 2.05) is 37.3 Å². The summed E-state index contributed by atoms with van der Waals surface area (Å²) in [7, 11) is 0. The molecule has 0 aromatic heterocycles. The van der Waals surface area contributed by atoms with E-state index in [1.165, 1.54) is 0 Å². The second kappa shape index (κ2) is 6.68. The van der Waals surface area contributed by atoms with E-state index in [0.29, 0.717) is 6.61 Å². The molecule has 0 saturated carbocycles. The number of aliphatic carboxylic acids is 1. The summed E-state index contributed by atoms with van der Waals surface area (Å²) in [6.45, 7) is 5.04. The van der Waals surface area contributed by atoms with Gasteiger partial charge in [-0.1, -0.05) is 36.4 Å². The first kappa shape index (κ1) is 14.8. The molecule has 1 saturated heterocycles. The third kappa shape index (κ3) is 4.18. The molecular weight excluding hydrogens is 256 g/mol. The fraction of sp³-hybridized carbons (Fsp3) is 0.438. The summed E-state index contributed by atoms with van der Waals surface area (Å²) in [5.41, 5.74) is 2.05. The predicted octanol–water partition coefficient (Wildman–Crippen LogP) is 2.90. The van der Waals surface area contributed by atoms with Gasteiger partial charge in [0.1, 0.15) is 6.10 Å². The van der Waals surface area contributed by atoms with Crippen molar-refractivity contribution in [3.8, 4) is 0 Å². The summed E-state index contributed by atoms with van der Waals surface area (Å²) in [6, 6.07) is 7.86. The summed E-state index contributed by atoms with van der Waals surface area (Å²) in [6.07, 6.45) is 3.74. The predicted molar refractivity (Wildman–Crippen MR) is 76.4 cm³/mol. The minimum Gasteiger partial charge on any atom is -0.481 e. The highest BCUT2D eigenvalue weighted by Crippen LogP contribution is 2.24. The van der Waals surface area contributed by atoms with Crippen LogP contribution in [0.1, 0.15) is 31.1 Å². The molecule has 4 heteroatoms. The van der Waals surface area contributed by atoms with E-state index in [0.717, 1.165) is 17.7 Å². The van der Waals surface area contributed by atoms with E-state index in [4.69, 9.17) is 14.6 Å². The van der Waals surface area contributed by atoms with Crippen LogP contribution in [-0.2, 0) is 14.3 Å². The first-order chi connectivity index (χ1) is 9.58. The molecule has 1 aromatic rings. The number of epoxide rings is 1. The highest BCUT2D eigenvalue weighted by Gasteiger charge is 2.24. The molecule has 0 aliphatic carbocycles. The minimum absolute atomic E-state index is 0.0415. The third-order valence-electron chi connectivity index (χ3n) is 3.32. The zero-order valence-electron chi connectivity index (χ0n) is 11.8. The van der Waals surface area contributed by atoms with Crippen molar-refractivity contribution in [2.45, 2.75) is 26.1 Å². The second-order valence-corrected chi connectivity index (χ2v) is 5.05. The summed E-state index contributed by atoms with van der Waals surface area (Å²) in [4.78, 5) is 10.8. The Balaban J connectivity index is 2.05. The van der Waals surface area contributed by atoms with E-state index in [9.17, 15) is 4.79 Å². The Morgan fingerprint density at radius 1 is 1.50 bits per heavy atom. The van der Waals surface area contributed by atoms with Crippen molar-refractivity contribution in [1.82, 2.24) is 0 Å². The number of benzene rings is 1. The first-order valence-corrected chi connectivity index (χ1v) is 6.81. The zero-order chi connectivity index (χ0) is 14.5. The quantitative estimate of drug-likeness (QED) is 0.778. The fourth-order valence-corrected chi connectivity index (χ4v) is 1.87. The lowest BCUT2D eigenvalue weighted by atomic mass is 10.0. The largest absolute Gasteiger partial charge is 0.481 e. The number of hydrogen-bond donors (Lipinski definition) is 1. The van der Waals surface area contributed by atoms with Gasteiger partial charge >= 0.3 is 5.97 Å². The van der Waals surface area contributed by atoms with Crippen molar-refractivity contribution < 1.29 is 19.4 Å². The molecule has 20 heavy (non-hydrogen) atoms. The van der Waals surface area contributed by atoms with Gasteiger partial charge in [-0.3, -0.25) is 4.79 Å². The standard InChI is InChI=1S/C16H20O4/c1-11(16(17)18)7-8-13-5-3-4-6-15(13)12(2)19-9-14-10-20-14/h3-8,11-12,14H,9-10H2,1-2H3,(H,17,18)/t11?,12-,14+/m1/s1. The van der Waals surface area contributed by atoms with Crippen LogP contribution in [0, 0.1) is 5.92 Å². The van der Waals surface area contributed by atoms with Crippen LogP contribution in [0.3, 0.4) is 0 Å². The van der Waals surface area contributed by atoms with Gasteiger partial charge in [-0.25, -0.2) is 0 Å². The summed E-state index contributed by atoms with van der Waals surface area (Å²) in [5, 5.41) is 8.90. The molecule has 1 aromatic carbocycles. The highest BCUT2D eigenvalue weighted by atomic mass is 16.6. The molecule has 2 rings (SSSR count). The van der Waals surface area contributed by atoms with Gasteiger partial charge in [0.2, 0.25) is 0 Å². The van der Waals surface area contributed by atoms with Gasteiger partial charge in [0.25, 0.3) is 0 Å². The Morgan fingerprint density at radius 3 is 2.85 bits per heavy atom. The molecule has 1 fully saturated rings. The van der Waals surface area contributed by atoms with Gasteiger partial charge in [0, 0.05) is 0 Å². The van der Waals surface area contributed by atoms with E-state index < -0.39 is 11.9 Å². The Labute approximate surface area is 119 Å². The van der Waals surface area contributed by atoms with Crippen molar-refractivity contribution in [2.24, 2.45) is 5.92 Å². The van der Waals surface area contributed by atoms with Gasteiger partial charge in [0.05, 0.1) is 25.2 Å². The van der Waals surface area contributed by atoms with Gasteiger partial charge in [-0.2, -0.15) is 0 Å². The molecule has 1 unspecified atom stereocenters. The summed E-state index contributed by atoms with van der Waals surface area (Å²) >= 11 is 0. The Morgan fingerprint density at radius 2 is 2.20 bits per heavy atom. The van der Waals surface area contributed by atoms with Crippen molar-refractivity contribution in [2.75, 3.05) is 13.2 Å². The van der Waals surface area contributed by atoms with Crippen LogP contribution in [0.4, 0.5) is 0 Å². The molecule has 0 radical (unpaired) electrons. The maximum absolute atomic E-state index is 10.8. The van der Waals surface area contributed by atoms with E-state index in [1.54, 1.807) is 13.0 Å². The van der Waals surface area contributed by atoms with Crippen LogP contribution >= 0.6 is 0 Å². The van der Waals surface area contributed by atoms with Crippen molar-refractivity contribution in [1.29, 1.82) is 0 Å². The van der Waals surface area contributed by atoms with Crippen LogP contribution in [-0.4, -0.2) is 30.4 Å². The highest BCUT2D eigenvalue weighted by molar-refractivity contribution is 5.73. The first-order valence-electron chi connectivity index (χ1n) is 6.81. The van der Waals surface area contributed by atoms with Gasteiger partial charge < -0.3 is 14.6 Å². The molecule has 0 spiro atoms. The number of rotatable bonds is 7. The number of carboxylic acid groups (broad SMARTS) is 1. The second-order valence-electron chi connectivity index (χ2n) is 5.05. The Bertz CT molecular complexity index is 491. The number of carbonyl (C=O) groups is 1. The van der Waals surface area contributed by atoms with Crippen molar-refractivity contribution in [3.05, 3.63) is 41.5 Å². The molecule has 1 aliphatic heterocycles. The summed E-state index contributed by atoms with van der Waals surface area (Å²) < 4.78 is 10.9. The van der Waals surface area contributed by atoms with E-state index in [2.05, 4.69) is 0 Å². The lowest BCUT2D eigenvalue weighted by Crippen LogP contribution is -2.08. The van der Waals surface area contributed by atoms with Crippen LogP contribution in [0.15, 0.2) is 30.3 Å². The van der Waals surface area contributed by atoms with Crippen molar-refractivity contribution >= 4 is 12.0 Å². The molecule has 0 bridgehead atoms. The SMILES string of the molecule is CC(C=Cc1ccccc1[C@@H](C)OC[C@H]1CO1)C(=O)O. The number of carboxylic acids is 1. The molecule has 4 nitrogen and oxygen atoms in total. The third-order valence-corrected chi connectivity index (χ3v) is 3.32. The average molecular weight is 276 g/mol. The Kier molecular flexibility index (Phi) is 4.93. The lowest BCUT2D eigenvalue weighted by Gasteiger charge is -2.15. The van der Waals surface area contributed by atoms with Crippen LogP contribution in [0.25, 0.3) is 6.08 Å². The monoisotopic (exact) mass is 276 g/mol. The minimum atomic E-state index is -0.825. The lowest BCUT2D eigenvalue weighted by molar-refractivity contribution is -0.139. The zero-order valence-corrected chi connectivity index (χ0v) is 11.8. The molecule has 1 N–H and O–H groups in total. The number of ether oxygens (including phenoxy) is 2. The summed E-state index contributed by atoms with van der Waals surface area (Å²) in [5.74, 6) is -1.33. The molecule has 3 atom stereocenters. The van der Waals surface area contributed by atoms with Crippen LogP contribution in [0.2, 0.25) is 0 Å². The maximum Gasteiger partial charge on any atom is 0.310 e. The van der Waals surface area contributed by atoms with Gasteiger partial charge in [-0.05, 0) is 25.0 Å². The molecule has 1 heterocycles. The van der Waals surface area contributed by atoms with Gasteiger partial charge in [0.15, 0.2) is 0 Å². The fourth-order valence-electron chi connectivity index (χ4n) is 1.87. The Hall–Kier alpha value is -1.65. The van der Waals surface area contributed by atoms with Crippen molar-refractivity contribution in [3.63, 3.8) is 0 Å². The topological polar surface area (TPSA) is 59.1 Å². The molecular formula is C16H20O4. The molecule has 1 aliphatic rings. The van der Waals surface area contributed by atoms with E-state index in [-0.39, 0.29) is 12.2 Å². The maximum atomic E-state index is 10.8. The molecule has 0 amide bonds. The van der Waals surface area contributed by atoms with E-state index >= 15 is 0 Å². The molecule has 108 valence electrons. The van der Waals surface area contributed by atoms with Crippen LogP contribution in [0.5, 0.6) is 0 Å². The average Bonchev–Trinajstić information content (AvgIpc) is 3.26. The van der Waals surface area contributed by atoms with Crippen LogP contribution < -0.4 is 0 Å². The smallest absolute Gasteiger partial charge is 0.310 e. The normalized spacial score (nSPS) is 20.8. The van der Waals surface area contributed by atoms with Gasteiger partial charge in [-0.15, -0.1) is 0 Å².